The third kappa shape index (κ3) is 3.61. The van der Waals surface area contributed by atoms with Gasteiger partial charge in [0.2, 0.25) is 5.91 Å². The van der Waals surface area contributed by atoms with Gasteiger partial charge >= 0.3 is 12.0 Å². The molecule has 0 aromatic heterocycles. The van der Waals surface area contributed by atoms with Crippen molar-refractivity contribution in [1.29, 1.82) is 0 Å². The van der Waals surface area contributed by atoms with Crippen LogP contribution in [0.1, 0.15) is 20.3 Å². The first kappa shape index (κ1) is 14.3. The van der Waals surface area contributed by atoms with E-state index in [0.29, 0.717) is 26.1 Å². The van der Waals surface area contributed by atoms with Gasteiger partial charge in [-0.05, 0) is 13.3 Å². The average Bonchev–Trinajstić information content (AvgIpc) is 2.66. The maximum absolute atomic E-state index is 11.8. The van der Waals surface area contributed by atoms with Gasteiger partial charge < -0.3 is 20.6 Å². The number of urea groups is 1. The predicted octanol–water partition coefficient (Wildman–Crippen LogP) is -0.373. The number of hydrogen-bond donors (Lipinski definition) is 3. The summed E-state index contributed by atoms with van der Waals surface area (Å²) >= 11 is 0. The van der Waals surface area contributed by atoms with Crippen LogP contribution in [0, 0.1) is 5.92 Å². The van der Waals surface area contributed by atoms with Crippen LogP contribution in [0.5, 0.6) is 0 Å². The van der Waals surface area contributed by atoms with Crippen LogP contribution in [0.25, 0.3) is 0 Å². The summed E-state index contributed by atoms with van der Waals surface area (Å²) in [5.41, 5.74) is 0. The van der Waals surface area contributed by atoms with E-state index in [1.54, 1.807) is 6.92 Å². The molecule has 1 aliphatic rings. The summed E-state index contributed by atoms with van der Waals surface area (Å²) in [6.07, 6.45) is 0.482. The highest BCUT2D eigenvalue weighted by molar-refractivity contribution is 5.78. The van der Waals surface area contributed by atoms with Crippen LogP contribution in [0.2, 0.25) is 0 Å². The van der Waals surface area contributed by atoms with Crippen LogP contribution in [0.4, 0.5) is 4.79 Å². The Kier molecular flexibility index (Phi) is 4.94. The molecule has 2 unspecified atom stereocenters. The number of carboxylic acids is 1. The van der Waals surface area contributed by atoms with E-state index >= 15 is 0 Å². The van der Waals surface area contributed by atoms with Gasteiger partial charge in [0.1, 0.15) is 0 Å². The summed E-state index contributed by atoms with van der Waals surface area (Å²) in [6.45, 7) is 4.29. The van der Waals surface area contributed by atoms with E-state index in [0.717, 1.165) is 0 Å². The topological polar surface area (TPSA) is 98.7 Å². The van der Waals surface area contributed by atoms with Crippen LogP contribution >= 0.6 is 0 Å². The molecule has 102 valence electrons. The minimum absolute atomic E-state index is 0.148. The minimum atomic E-state index is -0.865. The van der Waals surface area contributed by atoms with E-state index in [2.05, 4.69) is 10.6 Å². The SMILES string of the molecule is CC(=O)NCCNC(=O)N1CCC(C(=O)O)C1C. The summed E-state index contributed by atoms with van der Waals surface area (Å²) in [4.78, 5) is 34.8. The lowest BCUT2D eigenvalue weighted by Crippen LogP contribution is -2.45. The van der Waals surface area contributed by atoms with Crippen molar-refractivity contribution in [2.24, 2.45) is 5.92 Å². The maximum Gasteiger partial charge on any atom is 0.317 e. The molecule has 18 heavy (non-hydrogen) atoms. The highest BCUT2D eigenvalue weighted by Crippen LogP contribution is 2.23. The van der Waals surface area contributed by atoms with E-state index in [-0.39, 0.29) is 18.0 Å². The van der Waals surface area contributed by atoms with E-state index in [4.69, 9.17) is 5.11 Å². The number of rotatable bonds is 4. The lowest BCUT2D eigenvalue weighted by Gasteiger charge is -2.23. The molecule has 0 aromatic rings. The quantitative estimate of drug-likeness (QED) is 0.598. The van der Waals surface area contributed by atoms with Crippen LogP contribution in [-0.4, -0.2) is 53.6 Å². The average molecular weight is 257 g/mol. The highest BCUT2D eigenvalue weighted by atomic mass is 16.4. The molecule has 3 N–H and O–H groups in total. The minimum Gasteiger partial charge on any atom is -0.481 e. The number of carbonyl (C=O) groups excluding carboxylic acids is 2. The smallest absolute Gasteiger partial charge is 0.317 e. The molecule has 0 radical (unpaired) electrons. The van der Waals surface area contributed by atoms with Crippen molar-refractivity contribution in [2.45, 2.75) is 26.3 Å². The largest absolute Gasteiger partial charge is 0.481 e. The second-order valence-electron chi connectivity index (χ2n) is 4.38. The summed E-state index contributed by atoms with van der Waals surface area (Å²) in [7, 11) is 0. The lowest BCUT2D eigenvalue weighted by atomic mass is 10.0. The molecule has 0 saturated carbocycles. The van der Waals surface area contributed by atoms with Gasteiger partial charge in [0.05, 0.1) is 5.92 Å². The van der Waals surface area contributed by atoms with E-state index in [9.17, 15) is 14.4 Å². The fourth-order valence-corrected chi connectivity index (χ4v) is 2.07. The Labute approximate surface area is 106 Å². The predicted molar refractivity (Wildman–Crippen MR) is 64.0 cm³/mol. The van der Waals surface area contributed by atoms with E-state index in [1.165, 1.54) is 11.8 Å². The number of amides is 3. The summed E-state index contributed by atoms with van der Waals surface area (Å²) in [5.74, 6) is -1.51. The van der Waals surface area contributed by atoms with Crippen molar-refractivity contribution in [3.8, 4) is 0 Å². The van der Waals surface area contributed by atoms with Crippen molar-refractivity contribution >= 4 is 17.9 Å². The molecule has 1 fully saturated rings. The Morgan fingerprint density at radius 2 is 1.89 bits per heavy atom. The molecule has 2 atom stereocenters. The van der Waals surface area contributed by atoms with Crippen LogP contribution < -0.4 is 10.6 Å². The third-order valence-electron chi connectivity index (χ3n) is 3.11. The van der Waals surface area contributed by atoms with Gasteiger partial charge in [-0.15, -0.1) is 0 Å². The summed E-state index contributed by atoms with van der Waals surface area (Å²) < 4.78 is 0. The first-order chi connectivity index (χ1) is 8.43. The molecule has 0 spiro atoms. The third-order valence-corrected chi connectivity index (χ3v) is 3.11. The molecule has 0 aliphatic carbocycles. The highest BCUT2D eigenvalue weighted by Gasteiger charge is 2.37. The number of hydrogen-bond acceptors (Lipinski definition) is 3. The number of nitrogens with one attached hydrogen (secondary N) is 2. The Hall–Kier alpha value is -1.79. The van der Waals surface area contributed by atoms with Gasteiger partial charge in [0, 0.05) is 32.6 Å². The molecule has 0 aromatic carbocycles. The van der Waals surface area contributed by atoms with Gasteiger partial charge in [-0.25, -0.2) is 4.79 Å². The summed E-state index contributed by atoms with van der Waals surface area (Å²) in [6, 6.07) is -0.583. The van der Waals surface area contributed by atoms with Crippen molar-refractivity contribution in [1.82, 2.24) is 15.5 Å². The van der Waals surface area contributed by atoms with Crippen LogP contribution in [0.15, 0.2) is 0 Å². The van der Waals surface area contributed by atoms with Gasteiger partial charge in [-0.3, -0.25) is 9.59 Å². The molecular weight excluding hydrogens is 238 g/mol. The number of likely N-dealkylation sites (tertiary alicyclic amines) is 1. The van der Waals surface area contributed by atoms with Gasteiger partial charge in [0.25, 0.3) is 0 Å². The number of aliphatic carboxylic acids is 1. The molecule has 7 heteroatoms. The number of nitrogens with zero attached hydrogens (tertiary/aromatic N) is 1. The normalized spacial score (nSPS) is 22.7. The summed E-state index contributed by atoms with van der Waals surface area (Å²) in [5, 5.41) is 14.2. The standard InChI is InChI=1S/C11H19N3O4/c1-7-9(10(16)17)3-6-14(7)11(18)13-5-4-12-8(2)15/h7,9H,3-6H2,1-2H3,(H,12,15)(H,13,18)(H,16,17). The molecule has 1 aliphatic heterocycles. The Balaban J connectivity index is 2.35. The number of carbonyl (C=O) groups is 3. The molecular formula is C11H19N3O4. The van der Waals surface area contributed by atoms with Crippen LogP contribution in [0.3, 0.4) is 0 Å². The second-order valence-corrected chi connectivity index (χ2v) is 4.38. The number of carboxylic acid groups (broad SMARTS) is 1. The second kappa shape index (κ2) is 6.23. The van der Waals surface area contributed by atoms with E-state index in [1.807, 2.05) is 0 Å². The lowest BCUT2D eigenvalue weighted by molar-refractivity contribution is -0.142. The zero-order valence-electron chi connectivity index (χ0n) is 10.6. The molecule has 7 nitrogen and oxygen atoms in total. The first-order valence-electron chi connectivity index (χ1n) is 5.95. The maximum atomic E-state index is 11.8. The fraction of sp³-hybridized carbons (Fsp3) is 0.727. The van der Waals surface area contributed by atoms with Gasteiger partial charge in [-0.2, -0.15) is 0 Å². The monoisotopic (exact) mass is 257 g/mol. The Morgan fingerprint density at radius 3 is 2.39 bits per heavy atom. The molecule has 1 saturated heterocycles. The van der Waals surface area contributed by atoms with Crippen molar-refractivity contribution in [3.63, 3.8) is 0 Å². The zero-order chi connectivity index (χ0) is 13.7. The van der Waals surface area contributed by atoms with Crippen molar-refractivity contribution in [3.05, 3.63) is 0 Å². The molecule has 1 rings (SSSR count). The Morgan fingerprint density at radius 1 is 1.28 bits per heavy atom. The fourth-order valence-electron chi connectivity index (χ4n) is 2.07. The van der Waals surface area contributed by atoms with Crippen molar-refractivity contribution in [2.75, 3.05) is 19.6 Å². The molecule has 0 bridgehead atoms. The van der Waals surface area contributed by atoms with E-state index < -0.39 is 11.9 Å². The molecule has 3 amide bonds. The Bertz CT molecular complexity index is 345. The van der Waals surface area contributed by atoms with Gasteiger partial charge in [0.15, 0.2) is 0 Å². The van der Waals surface area contributed by atoms with Gasteiger partial charge in [-0.1, -0.05) is 0 Å². The van der Waals surface area contributed by atoms with Crippen LogP contribution in [-0.2, 0) is 9.59 Å². The molecule has 1 heterocycles. The zero-order valence-corrected chi connectivity index (χ0v) is 10.6. The first-order valence-corrected chi connectivity index (χ1v) is 5.95. The van der Waals surface area contributed by atoms with Crippen molar-refractivity contribution < 1.29 is 19.5 Å².